The lowest BCUT2D eigenvalue weighted by Crippen LogP contribution is -2.32. The molecule has 0 aliphatic heterocycles. The highest BCUT2D eigenvalue weighted by molar-refractivity contribution is 6.31. The number of halogens is 1. The van der Waals surface area contributed by atoms with Crippen molar-refractivity contribution in [2.24, 2.45) is 0 Å². The second-order valence-electron chi connectivity index (χ2n) is 6.48. The van der Waals surface area contributed by atoms with Crippen LogP contribution < -0.4 is 5.32 Å². The summed E-state index contributed by atoms with van der Waals surface area (Å²) >= 11 is 6.17. The normalized spacial score (nSPS) is 12.5. The first kappa shape index (κ1) is 18.3. The molecule has 5 heteroatoms. The number of carbonyl (C=O) groups is 1. The van der Waals surface area contributed by atoms with Gasteiger partial charge in [0.05, 0.1) is 0 Å². The molecule has 2 rings (SSSR count). The molecule has 0 fully saturated rings. The smallest absolute Gasteiger partial charge is 0.407 e. The van der Waals surface area contributed by atoms with E-state index in [0.717, 1.165) is 5.56 Å². The number of benzene rings is 2. The van der Waals surface area contributed by atoms with Crippen LogP contribution in [0.15, 0.2) is 48.5 Å². The molecule has 0 aliphatic rings. The van der Waals surface area contributed by atoms with Gasteiger partial charge in [0, 0.05) is 17.1 Å². The Balaban J connectivity index is 2.16. The van der Waals surface area contributed by atoms with Crippen molar-refractivity contribution in [2.45, 2.75) is 39.0 Å². The molecule has 2 aromatic carbocycles. The first-order valence-corrected chi connectivity index (χ1v) is 8.13. The molecule has 0 bridgehead atoms. The number of carbonyl (C=O) groups excluding carboxylic acids is 1. The van der Waals surface area contributed by atoms with E-state index in [-0.39, 0.29) is 6.54 Å². The summed E-state index contributed by atoms with van der Waals surface area (Å²) in [7, 11) is 0. The largest absolute Gasteiger partial charge is 0.444 e. The van der Waals surface area contributed by atoms with E-state index >= 15 is 0 Å². The first-order chi connectivity index (χ1) is 11.3. The molecule has 1 amide bonds. The minimum Gasteiger partial charge on any atom is -0.444 e. The first-order valence-electron chi connectivity index (χ1n) is 7.75. The highest BCUT2D eigenvalue weighted by Crippen LogP contribution is 2.29. The number of amides is 1. The van der Waals surface area contributed by atoms with Crippen molar-refractivity contribution >= 4 is 17.7 Å². The van der Waals surface area contributed by atoms with Gasteiger partial charge in [0.25, 0.3) is 0 Å². The molecule has 0 saturated carbocycles. The van der Waals surface area contributed by atoms with Gasteiger partial charge in [0.15, 0.2) is 0 Å². The molecule has 0 spiro atoms. The maximum absolute atomic E-state index is 11.8. The Hall–Kier alpha value is -2.04. The highest BCUT2D eigenvalue weighted by atomic mass is 35.5. The number of ether oxygens (including phenoxy) is 1. The van der Waals surface area contributed by atoms with Gasteiger partial charge in [-0.2, -0.15) is 0 Å². The Morgan fingerprint density at radius 3 is 2.33 bits per heavy atom. The maximum Gasteiger partial charge on any atom is 0.407 e. The molecule has 24 heavy (non-hydrogen) atoms. The maximum atomic E-state index is 11.8. The van der Waals surface area contributed by atoms with Crippen LogP contribution in [-0.2, 0) is 11.3 Å². The second kappa shape index (κ2) is 7.69. The average Bonchev–Trinajstić information content (AvgIpc) is 2.51. The van der Waals surface area contributed by atoms with Crippen molar-refractivity contribution in [3.8, 4) is 0 Å². The molecule has 0 radical (unpaired) electrons. The molecule has 1 atom stereocenters. The molecule has 0 aliphatic carbocycles. The number of hydrogen-bond donors (Lipinski definition) is 2. The number of aliphatic hydroxyl groups is 1. The molecule has 2 aromatic rings. The van der Waals surface area contributed by atoms with Gasteiger partial charge in [0.2, 0.25) is 0 Å². The van der Waals surface area contributed by atoms with Gasteiger partial charge in [-0.15, -0.1) is 0 Å². The summed E-state index contributed by atoms with van der Waals surface area (Å²) in [5, 5.41) is 13.9. The van der Waals surface area contributed by atoms with Crippen molar-refractivity contribution in [1.29, 1.82) is 0 Å². The minimum absolute atomic E-state index is 0.257. The SMILES string of the molecule is CC(C)(C)OC(=O)NCc1ccccc1C(O)c1ccccc1Cl. The zero-order valence-corrected chi connectivity index (χ0v) is 14.8. The fourth-order valence-corrected chi connectivity index (χ4v) is 2.55. The molecule has 4 nitrogen and oxygen atoms in total. The third-order valence-corrected chi connectivity index (χ3v) is 3.72. The predicted octanol–water partition coefficient (Wildman–Crippen LogP) is 4.45. The Kier molecular flexibility index (Phi) is 5.86. The van der Waals surface area contributed by atoms with E-state index in [1.165, 1.54) is 0 Å². The standard InChI is InChI=1S/C19H22ClNO3/c1-19(2,3)24-18(23)21-12-13-8-4-5-9-14(13)17(22)15-10-6-7-11-16(15)20/h4-11,17,22H,12H2,1-3H3,(H,21,23). The van der Waals surface area contributed by atoms with Crippen LogP contribution in [0.2, 0.25) is 5.02 Å². The third kappa shape index (κ3) is 4.98. The Morgan fingerprint density at radius 1 is 1.12 bits per heavy atom. The average molecular weight is 348 g/mol. The molecular formula is C19H22ClNO3. The van der Waals surface area contributed by atoms with Crippen LogP contribution in [0.3, 0.4) is 0 Å². The molecule has 0 heterocycles. The van der Waals surface area contributed by atoms with Gasteiger partial charge in [-0.25, -0.2) is 4.79 Å². The van der Waals surface area contributed by atoms with Gasteiger partial charge < -0.3 is 15.2 Å². The van der Waals surface area contributed by atoms with Gasteiger partial charge >= 0.3 is 6.09 Å². The Labute approximate surface area is 147 Å². The van der Waals surface area contributed by atoms with E-state index < -0.39 is 17.8 Å². The van der Waals surface area contributed by atoms with E-state index in [9.17, 15) is 9.90 Å². The van der Waals surface area contributed by atoms with Crippen molar-refractivity contribution in [3.05, 3.63) is 70.2 Å². The predicted molar refractivity (Wildman–Crippen MR) is 95.0 cm³/mol. The van der Waals surface area contributed by atoms with Crippen LogP contribution in [0.25, 0.3) is 0 Å². The van der Waals surface area contributed by atoms with E-state index in [4.69, 9.17) is 16.3 Å². The third-order valence-electron chi connectivity index (χ3n) is 3.37. The van der Waals surface area contributed by atoms with E-state index in [1.807, 2.05) is 57.2 Å². The number of aliphatic hydroxyl groups excluding tert-OH is 1. The molecule has 1 unspecified atom stereocenters. The Bertz CT molecular complexity index is 710. The van der Waals surface area contributed by atoms with Crippen LogP contribution in [0.5, 0.6) is 0 Å². The summed E-state index contributed by atoms with van der Waals surface area (Å²) < 4.78 is 5.23. The van der Waals surface area contributed by atoms with Crippen LogP contribution >= 0.6 is 11.6 Å². The number of hydrogen-bond acceptors (Lipinski definition) is 3. The highest BCUT2D eigenvalue weighted by Gasteiger charge is 2.19. The van der Waals surface area contributed by atoms with Gasteiger partial charge in [-0.05, 0) is 38.0 Å². The number of nitrogens with one attached hydrogen (secondary N) is 1. The van der Waals surface area contributed by atoms with Crippen molar-refractivity contribution < 1.29 is 14.6 Å². The van der Waals surface area contributed by atoms with Crippen LogP contribution in [-0.4, -0.2) is 16.8 Å². The summed E-state index contributed by atoms with van der Waals surface area (Å²) in [4.78, 5) is 11.8. The molecule has 128 valence electrons. The van der Waals surface area contributed by atoms with E-state index in [2.05, 4.69) is 5.32 Å². The van der Waals surface area contributed by atoms with Crippen molar-refractivity contribution in [2.75, 3.05) is 0 Å². The molecule has 0 saturated heterocycles. The van der Waals surface area contributed by atoms with Crippen molar-refractivity contribution in [3.63, 3.8) is 0 Å². The second-order valence-corrected chi connectivity index (χ2v) is 6.89. The fraction of sp³-hybridized carbons (Fsp3) is 0.316. The molecule has 0 aromatic heterocycles. The molecular weight excluding hydrogens is 326 g/mol. The summed E-state index contributed by atoms with van der Waals surface area (Å²) in [6, 6.07) is 14.5. The summed E-state index contributed by atoms with van der Waals surface area (Å²) in [5.74, 6) is 0. The number of alkyl carbamates (subject to hydrolysis) is 1. The van der Waals surface area contributed by atoms with Crippen LogP contribution in [0.1, 0.15) is 43.6 Å². The number of rotatable bonds is 4. The lowest BCUT2D eigenvalue weighted by atomic mass is 9.97. The lowest BCUT2D eigenvalue weighted by molar-refractivity contribution is 0.0523. The zero-order chi connectivity index (χ0) is 17.7. The van der Waals surface area contributed by atoms with Gasteiger partial charge in [-0.1, -0.05) is 54.1 Å². The van der Waals surface area contributed by atoms with E-state index in [1.54, 1.807) is 12.1 Å². The summed E-state index contributed by atoms with van der Waals surface area (Å²) in [5.41, 5.74) is 1.57. The zero-order valence-electron chi connectivity index (χ0n) is 14.0. The van der Waals surface area contributed by atoms with Gasteiger partial charge in [0.1, 0.15) is 11.7 Å². The fourth-order valence-electron chi connectivity index (χ4n) is 2.31. The monoisotopic (exact) mass is 347 g/mol. The van der Waals surface area contributed by atoms with Gasteiger partial charge in [-0.3, -0.25) is 0 Å². The Morgan fingerprint density at radius 2 is 1.71 bits per heavy atom. The summed E-state index contributed by atoms with van der Waals surface area (Å²) in [6.45, 7) is 5.68. The van der Waals surface area contributed by atoms with Crippen LogP contribution in [0, 0.1) is 0 Å². The summed E-state index contributed by atoms with van der Waals surface area (Å²) in [6.07, 6.45) is -1.36. The minimum atomic E-state index is -0.865. The lowest BCUT2D eigenvalue weighted by Gasteiger charge is -2.21. The molecule has 2 N–H and O–H groups in total. The van der Waals surface area contributed by atoms with Crippen molar-refractivity contribution in [1.82, 2.24) is 5.32 Å². The topological polar surface area (TPSA) is 58.6 Å². The van der Waals surface area contributed by atoms with E-state index in [0.29, 0.717) is 16.1 Å². The van der Waals surface area contributed by atoms with Crippen LogP contribution in [0.4, 0.5) is 4.79 Å². The quantitative estimate of drug-likeness (QED) is 0.859.